The molecule has 25 heavy (non-hydrogen) atoms. The van der Waals surface area contributed by atoms with Crippen molar-refractivity contribution in [2.45, 2.75) is 19.8 Å². The first kappa shape index (κ1) is 18.2. The van der Waals surface area contributed by atoms with Crippen molar-refractivity contribution in [3.05, 3.63) is 59.7 Å². The fraction of sp³-hybridized carbons (Fsp3) is 0.211. The minimum Gasteiger partial charge on any atom is -0.497 e. The van der Waals surface area contributed by atoms with E-state index in [0.717, 1.165) is 22.6 Å². The highest BCUT2D eigenvalue weighted by atomic mass is 16.5. The normalized spacial score (nSPS) is 10.5. The van der Waals surface area contributed by atoms with E-state index >= 15 is 0 Å². The summed E-state index contributed by atoms with van der Waals surface area (Å²) in [5.41, 5.74) is 4.97. The molecule has 2 aromatic rings. The van der Waals surface area contributed by atoms with Crippen molar-refractivity contribution in [3.8, 4) is 5.75 Å². The molecular formula is C19H21N3O3. The van der Waals surface area contributed by atoms with Crippen LogP contribution >= 0.6 is 0 Å². The zero-order chi connectivity index (χ0) is 18.1. The number of hydrogen-bond donors (Lipinski definition) is 2. The second kappa shape index (κ2) is 9.22. The number of hydrogen-bond acceptors (Lipinski definition) is 4. The number of anilines is 1. The summed E-state index contributed by atoms with van der Waals surface area (Å²) < 4.78 is 5.06. The van der Waals surface area contributed by atoms with E-state index in [1.807, 2.05) is 43.3 Å². The Kier molecular flexibility index (Phi) is 6.71. The van der Waals surface area contributed by atoms with E-state index in [9.17, 15) is 9.59 Å². The standard InChI is InChI=1S/C19H21N3O3/c1-14-5-3-4-6-17(14)21-18(23)11-12-19(24)22-20-13-15-7-9-16(25-2)10-8-15/h3-10,13H,11-12H2,1-2H3,(H,21,23)(H,22,24)/b20-13+. The Bertz CT molecular complexity index is 755. The first-order valence-corrected chi connectivity index (χ1v) is 7.90. The number of benzene rings is 2. The molecule has 0 aromatic heterocycles. The molecule has 2 aromatic carbocycles. The van der Waals surface area contributed by atoms with Crippen molar-refractivity contribution in [2.24, 2.45) is 5.10 Å². The third-order valence-corrected chi connectivity index (χ3v) is 3.52. The molecule has 2 N–H and O–H groups in total. The molecule has 130 valence electrons. The molecule has 0 bridgehead atoms. The lowest BCUT2D eigenvalue weighted by atomic mass is 10.2. The first-order chi connectivity index (χ1) is 12.1. The molecule has 0 aliphatic rings. The van der Waals surface area contributed by atoms with Crippen molar-refractivity contribution >= 4 is 23.7 Å². The number of nitrogens with one attached hydrogen (secondary N) is 2. The lowest BCUT2D eigenvalue weighted by Crippen LogP contribution is -2.20. The van der Waals surface area contributed by atoms with Gasteiger partial charge < -0.3 is 10.1 Å². The van der Waals surface area contributed by atoms with Gasteiger partial charge in [-0.1, -0.05) is 18.2 Å². The molecule has 0 radical (unpaired) electrons. The van der Waals surface area contributed by atoms with Gasteiger partial charge in [0, 0.05) is 18.5 Å². The van der Waals surface area contributed by atoms with E-state index in [0.29, 0.717) is 0 Å². The summed E-state index contributed by atoms with van der Waals surface area (Å²) in [6, 6.07) is 14.7. The summed E-state index contributed by atoms with van der Waals surface area (Å²) in [6.07, 6.45) is 1.70. The van der Waals surface area contributed by atoms with E-state index in [1.54, 1.807) is 19.2 Å². The van der Waals surface area contributed by atoms with Gasteiger partial charge >= 0.3 is 0 Å². The van der Waals surface area contributed by atoms with Crippen LogP contribution in [0.25, 0.3) is 0 Å². The van der Waals surface area contributed by atoms with Gasteiger partial charge in [0.05, 0.1) is 13.3 Å². The van der Waals surface area contributed by atoms with Crippen molar-refractivity contribution in [1.29, 1.82) is 0 Å². The lowest BCUT2D eigenvalue weighted by molar-refractivity contribution is -0.124. The average Bonchev–Trinajstić information content (AvgIpc) is 2.62. The van der Waals surface area contributed by atoms with Crippen LogP contribution < -0.4 is 15.5 Å². The fourth-order valence-electron chi connectivity index (χ4n) is 2.08. The average molecular weight is 339 g/mol. The second-order valence-electron chi connectivity index (χ2n) is 5.43. The molecule has 0 aliphatic carbocycles. The third-order valence-electron chi connectivity index (χ3n) is 3.52. The minimum absolute atomic E-state index is 0.0671. The Labute approximate surface area is 146 Å². The molecule has 0 heterocycles. The maximum atomic E-state index is 11.9. The van der Waals surface area contributed by atoms with Crippen LogP contribution in [-0.2, 0) is 9.59 Å². The summed E-state index contributed by atoms with van der Waals surface area (Å²) >= 11 is 0. The largest absolute Gasteiger partial charge is 0.497 e. The Morgan fingerprint density at radius 3 is 2.40 bits per heavy atom. The smallest absolute Gasteiger partial charge is 0.240 e. The van der Waals surface area contributed by atoms with Gasteiger partial charge in [-0.2, -0.15) is 5.10 Å². The first-order valence-electron chi connectivity index (χ1n) is 7.90. The molecule has 0 unspecified atom stereocenters. The maximum absolute atomic E-state index is 11.9. The van der Waals surface area contributed by atoms with Crippen LogP contribution in [0.3, 0.4) is 0 Å². The Hall–Kier alpha value is -3.15. The van der Waals surface area contributed by atoms with E-state index in [4.69, 9.17) is 4.74 Å². The van der Waals surface area contributed by atoms with E-state index in [-0.39, 0.29) is 24.7 Å². The summed E-state index contributed by atoms with van der Waals surface area (Å²) in [7, 11) is 1.60. The van der Waals surface area contributed by atoms with Crippen molar-refractivity contribution in [2.75, 3.05) is 12.4 Å². The van der Waals surface area contributed by atoms with Gasteiger partial charge in [0.1, 0.15) is 5.75 Å². The fourth-order valence-corrected chi connectivity index (χ4v) is 2.08. The second-order valence-corrected chi connectivity index (χ2v) is 5.43. The van der Waals surface area contributed by atoms with Gasteiger partial charge in [-0.25, -0.2) is 5.43 Å². The number of para-hydroxylation sites is 1. The molecule has 0 fully saturated rings. The molecule has 0 aliphatic heterocycles. The minimum atomic E-state index is -0.315. The summed E-state index contributed by atoms with van der Waals surface area (Å²) in [5.74, 6) is 0.231. The SMILES string of the molecule is COc1ccc(/C=N/NC(=O)CCC(=O)Nc2ccccc2C)cc1. The Morgan fingerprint density at radius 2 is 1.72 bits per heavy atom. The van der Waals surface area contributed by atoms with Crippen LogP contribution in [0.2, 0.25) is 0 Å². The van der Waals surface area contributed by atoms with Crippen LogP contribution in [0, 0.1) is 6.92 Å². The number of carbonyl (C=O) groups excluding carboxylic acids is 2. The molecule has 2 rings (SSSR count). The zero-order valence-corrected chi connectivity index (χ0v) is 14.3. The van der Waals surface area contributed by atoms with Crippen LogP contribution in [-0.4, -0.2) is 25.1 Å². The summed E-state index contributed by atoms with van der Waals surface area (Å²) in [6.45, 7) is 1.91. The van der Waals surface area contributed by atoms with Gasteiger partial charge in [0.15, 0.2) is 0 Å². The zero-order valence-electron chi connectivity index (χ0n) is 14.3. The van der Waals surface area contributed by atoms with Crippen molar-refractivity contribution in [1.82, 2.24) is 5.43 Å². The highest BCUT2D eigenvalue weighted by molar-refractivity contribution is 5.94. The number of aryl methyl sites for hydroxylation is 1. The molecule has 6 nitrogen and oxygen atoms in total. The van der Waals surface area contributed by atoms with Gasteiger partial charge in [-0.15, -0.1) is 0 Å². The number of ether oxygens (including phenoxy) is 1. The van der Waals surface area contributed by atoms with Crippen LogP contribution in [0.15, 0.2) is 53.6 Å². The summed E-state index contributed by atoms with van der Waals surface area (Å²) in [4.78, 5) is 23.6. The number of amides is 2. The lowest BCUT2D eigenvalue weighted by Gasteiger charge is -2.07. The maximum Gasteiger partial charge on any atom is 0.240 e. The molecule has 0 spiro atoms. The third kappa shape index (κ3) is 6.10. The number of hydrazone groups is 1. The Balaban J connectivity index is 1.73. The van der Waals surface area contributed by atoms with Gasteiger partial charge in [-0.05, 0) is 48.4 Å². The monoisotopic (exact) mass is 339 g/mol. The molecule has 0 saturated carbocycles. The van der Waals surface area contributed by atoms with Crippen LogP contribution in [0.4, 0.5) is 5.69 Å². The molecular weight excluding hydrogens is 318 g/mol. The highest BCUT2D eigenvalue weighted by Crippen LogP contribution is 2.13. The highest BCUT2D eigenvalue weighted by Gasteiger charge is 2.07. The summed E-state index contributed by atoms with van der Waals surface area (Å²) in [5, 5.41) is 6.67. The van der Waals surface area contributed by atoms with Crippen LogP contribution in [0.1, 0.15) is 24.0 Å². The number of carbonyl (C=O) groups is 2. The van der Waals surface area contributed by atoms with Crippen molar-refractivity contribution < 1.29 is 14.3 Å². The molecule has 6 heteroatoms. The number of rotatable bonds is 7. The predicted molar refractivity (Wildman–Crippen MR) is 97.8 cm³/mol. The predicted octanol–water partition coefficient (Wildman–Crippen LogP) is 2.87. The topological polar surface area (TPSA) is 79.8 Å². The number of nitrogens with zero attached hydrogens (tertiary/aromatic N) is 1. The van der Waals surface area contributed by atoms with Gasteiger partial charge in [0.25, 0.3) is 0 Å². The van der Waals surface area contributed by atoms with E-state index in [2.05, 4.69) is 15.8 Å². The van der Waals surface area contributed by atoms with Crippen molar-refractivity contribution in [3.63, 3.8) is 0 Å². The molecule has 0 atom stereocenters. The molecule has 2 amide bonds. The quantitative estimate of drug-likeness (QED) is 0.601. The van der Waals surface area contributed by atoms with E-state index < -0.39 is 0 Å². The van der Waals surface area contributed by atoms with Gasteiger partial charge in [-0.3, -0.25) is 9.59 Å². The van der Waals surface area contributed by atoms with E-state index in [1.165, 1.54) is 6.21 Å². The van der Waals surface area contributed by atoms with Gasteiger partial charge in [0.2, 0.25) is 11.8 Å². The molecule has 0 saturated heterocycles. The van der Waals surface area contributed by atoms with Crippen LogP contribution in [0.5, 0.6) is 5.75 Å². The number of methoxy groups -OCH3 is 1. The Morgan fingerprint density at radius 1 is 1.04 bits per heavy atom.